The average molecular weight is 346 g/mol. The number of likely N-dealkylation sites (N-methyl/N-ethyl adjacent to an activating group) is 1. The Labute approximate surface area is 149 Å². The quantitative estimate of drug-likeness (QED) is 0.803. The van der Waals surface area contributed by atoms with Gasteiger partial charge in [-0.25, -0.2) is 0 Å². The lowest BCUT2D eigenvalue weighted by molar-refractivity contribution is -0.914. The van der Waals surface area contributed by atoms with Gasteiger partial charge in [-0.05, 0) is 31.9 Å². The van der Waals surface area contributed by atoms with Crippen molar-refractivity contribution in [2.24, 2.45) is 0 Å². The Morgan fingerprint density at radius 2 is 2.20 bits per heavy atom. The fourth-order valence-corrected chi connectivity index (χ4v) is 3.75. The minimum Gasteiger partial charge on any atom is -0.492 e. The number of allylic oxidation sites excluding steroid dienone is 2. The third-order valence-electron chi connectivity index (χ3n) is 5.09. The van der Waals surface area contributed by atoms with Gasteiger partial charge in [0.25, 0.3) is 0 Å². The molecule has 0 bridgehead atoms. The van der Waals surface area contributed by atoms with Crippen molar-refractivity contribution < 1.29 is 23.9 Å². The van der Waals surface area contributed by atoms with E-state index in [1.54, 1.807) is 7.11 Å². The van der Waals surface area contributed by atoms with E-state index in [9.17, 15) is 4.79 Å². The van der Waals surface area contributed by atoms with E-state index in [1.165, 1.54) is 16.0 Å². The molecule has 1 unspecified atom stereocenters. The largest absolute Gasteiger partial charge is 0.492 e. The SMILES string of the molecule is COc1c2c(cc3c1[C@H](CC(=O)CCC=C(C)C)[NH+](C)CC3)OCO2. The molecule has 0 amide bonds. The molecule has 0 fully saturated rings. The number of hydrogen-bond acceptors (Lipinski definition) is 4. The van der Waals surface area contributed by atoms with Crippen molar-refractivity contribution in [3.63, 3.8) is 0 Å². The molecule has 0 radical (unpaired) electrons. The van der Waals surface area contributed by atoms with Gasteiger partial charge in [0.2, 0.25) is 12.5 Å². The number of fused-ring (bicyclic) bond motifs is 2. The van der Waals surface area contributed by atoms with E-state index in [1.807, 2.05) is 0 Å². The zero-order valence-electron chi connectivity index (χ0n) is 15.6. The number of methoxy groups -OCH3 is 1. The fraction of sp³-hybridized carbons (Fsp3) is 0.550. The monoisotopic (exact) mass is 346 g/mol. The van der Waals surface area contributed by atoms with Crippen molar-refractivity contribution in [1.82, 2.24) is 0 Å². The predicted molar refractivity (Wildman–Crippen MR) is 95.6 cm³/mol. The maximum atomic E-state index is 12.5. The first-order valence-corrected chi connectivity index (χ1v) is 8.98. The van der Waals surface area contributed by atoms with Gasteiger partial charge in [0, 0.05) is 12.8 Å². The molecule has 136 valence electrons. The molecule has 2 heterocycles. The Kier molecular flexibility index (Phi) is 5.33. The maximum absolute atomic E-state index is 12.5. The smallest absolute Gasteiger partial charge is 0.231 e. The zero-order valence-corrected chi connectivity index (χ0v) is 15.6. The van der Waals surface area contributed by atoms with E-state index >= 15 is 0 Å². The first kappa shape index (κ1) is 17.8. The van der Waals surface area contributed by atoms with Gasteiger partial charge in [-0.1, -0.05) is 11.6 Å². The second-order valence-electron chi connectivity index (χ2n) is 7.18. The van der Waals surface area contributed by atoms with Crippen molar-refractivity contribution in [2.45, 2.75) is 45.6 Å². The lowest BCUT2D eigenvalue weighted by atomic mass is 9.88. The van der Waals surface area contributed by atoms with Gasteiger partial charge in [0.1, 0.15) is 11.8 Å². The second kappa shape index (κ2) is 7.48. The van der Waals surface area contributed by atoms with Crippen LogP contribution in [0.2, 0.25) is 0 Å². The zero-order chi connectivity index (χ0) is 18.0. The van der Waals surface area contributed by atoms with Gasteiger partial charge in [-0.15, -0.1) is 0 Å². The number of benzene rings is 1. The molecule has 25 heavy (non-hydrogen) atoms. The van der Waals surface area contributed by atoms with E-state index in [4.69, 9.17) is 14.2 Å². The van der Waals surface area contributed by atoms with Gasteiger partial charge >= 0.3 is 0 Å². The third-order valence-corrected chi connectivity index (χ3v) is 5.09. The molecular formula is C20H28NO4+. The lowest BCUT2D eigenvalue weighted by Crippen LogP contribution is -3.10. The summed E-state index contributed by atoms with van der Waals surface area (Å²) in [5.41, 5.74) is 3.59. The average Bonchev–Trinajstić information content (AvgIpc) is 3.03. The standard InChI is InChI=1S/C20H27NO4/c1-13(2)6-5-7-15(22)11-16-18-14(8-9-21(16)3)10-17-19(20(18)23-4)25-12-24-17/h6,10,16H,5,7-9,11-12H2,1-4H3/p+1/t16-/m0/s1. The van der Waals surface area contributed by atoms with Crippen LogP contribution in [0.4, 0.5) is 0 Å². The number of hydrogen-bond donors (Lipinski definition) is 1. The number of ether oxygens (including phenoxy) is 3. The number of Topliss-reactive ketones (excluding diaryl/α,β-unsaturated/α-hetero) is 1. The van der Waals surface area contributed by atoms with Gasteiger partial charge < -0.3 is 19.1 Å². The molecule has 1 N–H and O–H groups in total. The van der Waals surface area contributed by atoms with E-state index in [2.05, 4.69) is 33.0 Å². The normalized spacial score (nSPS) is 20.8. The molecule has 1 aromatic carbocycles. The highest BCUT2D eigenvalue weighted by Crippen LogP contribution is 2.47. The van der Waals surface area contributed by atoms with Crippen LogP contribution in [0.1, 0.15) is 50.3 Å². The van der Waals surface area contributed by atoms with Gasteiger partial charge in [-0.3, -0.25) is 4.79 Å². The van der Waals surface area contributed by atoms with Crippen molar-refractivity contribution >= 4 is 5.78 Å². The number of carbonyl (C=O) groups excluding carboxylic acids is 1. The summed E-state index contributed by atoms with van der Waals surface area (Å²) >= 11 is 0. The first-order chi connectivity index (χ1) is 12.0. The van der Waals surface area contributed by atoms with E-state index < -0.39 is 0 Å². The Bertz CT molecular complexity index is 691. The minimum absolute atomic E-state index is 0.104. The third kappa shape index (κ3) is 3.66. The Hall–Kier alpha value is -2.01. The van der Waals surface area contributed by atoms with Crippen molar-refractivity contribution in [3.05, 3.63) is 28.8 Å². The number of rotatable bonds is 6. The highest BCUT2D eigenvalue weighted by Gasteiger charge is 2.37. The maximum Gasteiger partial charge on any atom is 0.231 e. The first-order valence-electron chi connectivity index (χ1n) is 8.98. The van der Waals surface area contributed by atoms with Crippen molar-refractivity contribution in [1.29, 1.82) is 0 Å². The second-order valence-corrected chi connectivity index (χ2v) is 7.18. The summed E-state index contributed by atoms with van der Waals surface area (Å²) in [6.07, 6.45) is 5.03. The molecule has 2 atom stereocenters. The topological polar surface area (TPSA) is 49.2 Å². The molecule has 5 heteroatoms. The number of quaternary nitrogens is 1. The Morgan fingerprint density at radius 3 is 2.92 bits per heavy atom. The Morgan fingerprint density at radius 1 is 1.40 bits per heavy atom. The van der Waals surface area contributed by atoms with Crippen LogP contribution in [0.15, 0.2) is 17.7 Å². The molecule has 0 saturated carbocycles. The summed E-state index contributed by atoms with van der Waals surface area (Å²) in [4.78, 5) is 13.9. The van der Waals surface area contributed by atoms with Crippen LogP contribution < -0.4 is 19.1 Å². The highest BCUT2D eigenvalue weighted by atomic mass is 16.7. The molecular weight excluding hydrogens is 318 g/mol. The molecule has 2 aliphatic heterocycles. The van der Waals surface area contributed by atoms with Gasteiger partial charge in [-0.2, -0.15) is 0 Å². The van der Waals surface area contributed by atoms with Crippen LogP contribution in [-0.2, 0) is 11.2 Å². The highest BCUT2D eigenvalue weighted by molar-refractivity contribution is 5.79. The molecule has 0 saturated heterocycles. The van der Waals surface area contributed by atoms with Gasteiger partial charge in [0.05, 0.1) is 32.7 Å². The number of ketones is 1. The van der Waals surface area contributed by atoms with Crippen LogP contribution in [0.3, 0.4) is 0 Å². The van der Waals surface area contributed by atoms with Gasteiger partial charge in [0.15, 0.2) is 11.5 Å². The molecule has 2 aliphatic rings. The predicted octanol–water partition coefficient (Wildman–Crippen LogP) is 2.24. The molecule has 5 nitrogen and oxygen atoms in total. The van der Waals surface area contributed by atoms with Crippen molar-refractivity contribution in [3.8, 4) is 17.2 Å². The molecule has 3 rings (SSSR count). The number of carbonyl (C=O) groups is 1. The Balaban J connectivity index is 1.86. The van der Waals surface area contributed by atoms with Crippen LogP contribution >= 0.6 is 0 Å². The summed E-state index contributed by atoms with van der Waals surface area (Å²) in [5.74, 6) is 2.47. The molecule has 1 aromatic rings. The van der Waals surface area contributed by atoms with E-state index in [0.29, 0.717) is 24.4 Å². The van der Waals surface area contributed by atoms with Crippen LogP contribution in [0.25, 0.3) is 0 Å². The molecule has 0 aliphatic carbocycles. The van der Waals surface area contributed by atoms with E-state index in [0.717, 1.165) is 36.4 Å². The van der Waals surface area contributed by atoms with Crippen LogP contribution in [0, 0.1) is 0 Å². The molecule has 0 aromatic heterocycles. The van der Waals surface area contributed by atoms with Crippen LogP contribution in [-0.4, -0.2) is 33.3 Å². The van der Waals surface area contributed by atoms with Crippen molar-refractivity contribution in [2.75, 3.05) is 27.5 Å². The number of nitrogens with one attached hydrogen (secondary N) is 1. The summed E-state index contributed by atoms with van der Waals surface area (Å²) in [6.45, 7) is 5.35. The van der Waals surface area contributed by atoms with Crippen LogP contribution in [0.5, 0.6) is 17.2 Å². The fourth-order valence-electron chi connectivity index (χ4n) is 3.75. The molecule has 0 spiro atoms. The summed E-state index contributed by atoms with van der Waals surface area (Å²) in [5, 5.41) is 0. The van der Waals surface area contributed by atoms with E-state index in [-0.39, 0.29) is 12.8 Å². The summed E-state index contributed by atoms with van der Waals surface area (Å²) in [6, 6.07) is 2.17. The summed E-state index contributed by atoms with van der Waals surface area (Å²) < 4.78 is 16.8. The summed E-state index contributed by atoms with van der Waals surface area (Å²) in [7, 11) is 3.82. The lowest BCUT2D eigenvalue weighted by Gasteiger charge is -2.32. The minimum atomic E-state index is 0.104.